The lowest BCUT2D eigenvalue weighted by atomic mass is 9.94. The molecular formula is C19H27NS. The summed E-state index contributed by atoms with van der Waals surface area (Å²) in [5.41, 5.74) is 4.38. The Morgan fingerprint density at radius 1 is 1.10 bits per heavy atom. The summed E-state index contributed by atoms with van der Waals surface area (Å²) in [6.45, 7) is 7.72. The quantitative estimate of drug-likeness (QED) is 0.730. The molecular weight excluding hydrogens is 274 g/mol. The van der Waals surface area contributed by atoms with Crippen LogP contribution in [0.25, 0.3) is 0 Å². The first-order valence-corrected chi connectivity index (χ1v) is 8.89. The van der Waals surface area contributed by atoms with E-state index in [-0.39, 0.29) is 0 Å². The van der Waals surface area contributed by atoms with Crippen molar-refractivity contribution in [3.63, 3.8) is 0 Å². The van der Waals surface area contributed by atoms with Crippen molar-refractivity contribution in [3.8, 4) is 0 Å². The molecule has 1 atom stereocenters. The van der Waals surface area contributed by atoms with Crippen LogP contribution in [0.15, 0.2) is 35.7 Å². The highest BCUT2D eigenvalue weighted by atomic mass is 32.1. The Morgan fingerprint density at radius 3 is 2.48 bits per heavy atom. The summed E-state index contributed by atoms with van der Waals surface area (Å²) >= 11 is 1.88. The van der Waals surface area contributed by atoms with Crippen molar-refractivity contribution in [2.24, 2.45) is 0 Å². The van der Waals surface area contributed by atoms with Gasteiger partial charge in [0.1, 0.15) is 0 Å². The average Bonchev–Trinajstić information content (AvgIpc) is 2.96. The number of thiophene rings is 1. The fourth-order valence-corrected chi connectivity index (χ4v) is 3.71. The maximum Gasteiger partial charge on any atom is 0.0108 e. The molecule has 0 saturated carbocycles. The fraction of sp³-hybridized carbons (Fsp3) is 0.474. The van der Waals surface area contributed by atoms with Gasteiger partial charge in [-0.15, -0.1) is 11.3 Å². The topological polar surface area (TPSA) is 12.0 Å². The van der Waals surface area contributed by atoms with Crippen LogP contribution in [-0.4, -0.2) is 12.6 Å². The molecule has 0 radical (unpaired) electrons. The van der Waals surface area contributed by atoms with E-state index in [2.05, 4.69) is 61.8 Å². The molecule has 1 heterocycles. The first-order chi connectivity index (χ1) is 10.2. The van der Waals surface area contributed by atoms with Crippen molar-refractivity contribution >= 4 is 11.3 Å². The Kier molecular flexibility index (Phi) is 6.47. The average molecular weight is 301 g/mol. The Balaban J connectivity index is 1.92. The van der Waals surface area contributed by atoms with Gasteiger partial charge in [-0.1, -0.05) is 31.2 Å². The molecule has 0 fully saturated rings. The van der Waals surface area contributed by atoms with E-state index < -0.39 is 0 Å². The highest BCUT2D eigenvalue weighted by Crippen LogP contribution is 2.18. The number of likely N-dealkylation sites (N-methyl/N-ethyl adjacent to an activating group) is 1. The van der Waals surface area contributed by atoms with Gasteiger partial charge < -0.3 is 5.32 Å². The van der Waals surface area contributed by atoms with E-state index >= 15 is 0 Å². The molecule has 2 aromatic rings. The van der Waals surface area contributed by atoms with Gasteiger partial charge >= 0.3 is 0 Å². The third-order valence-corrected chi connectivity index (χ3v) is 5.08. The van der Waals surface area contributed by atoms with Gasteiger partial charge in [0.15, 0.2) is 0 Å². The number of rotatable bonds is 8. The molecule has 2 rings (SSSR count). The van der Waals surface area contributed by atoms with Crippen LogP contribution in [0.4, 0.5) is 0 Å². The van der Waals surface area contributed by atoms with Gasteiger partial charge in [0.2, 0.25) is 0 Å². The number of hydrogen-bond acceptors (Lipinski definition) is 2. The smallest absolute Gasteiger partial charge is 0.0108 e. The third kappa shape index (κ3) is 4.98. The van der Waals surface area contributed by atoms with Crippen LogP contribution < -0.4 is 5.32 Å². The van der Waals surface area contributed by atoms with Gasteiger partial charge in [-0.05, 0) is 74.2 Å². The van der Waals surface area contributed by atoms with E-state index in [9.17, 15) is 0 Å². The molecule has 1 aromatic heterocycles. The van der Waals surface area contributed by atoms with Gasteiger partial charge in [-0.2, -0.15) is 0 Å². The summed E-state index contributed by atoms with van der Waals surface area (Å²) in [5, 5.41) is 5.84. The van der Waals surface area contributed by atoms with E-state index in [0.29, 0.717) is 6.04 Å². The molecule has 0 aliphatic rings. The maximum absolute atomic E-state index is 3.67. The predicted molar refractivity (Wildman–Crippen MR) is 94.3 cm³/mol. The van der Waals surface area contributed by atoms with Crippen molar-refractivity contribution in [1.29, 1.82) is 0 Å². The predicted octanol–water partition coefficient (Wildman–Crippen LogP) is 4.91. The van der Waals surface area contributed by atoms with Gasteiger partial charge in [0.05, 0.1) is 0 Å². The summed E-state index contributed by atoms with van der Waals surface area (Å²) in [6.07, 6.45) is 4.88. The van der Waals surface area contributed by atoms with E-state index in [1.54, 1.807) is 0 Å². The van der Waals surface area contributed by atoms with E-state index in [0.717, 1.165) is 13.0 Å². The van der Waals surface area contributed by atoms with Crippen LogP contribution in [0, 0.1) is 13.8 Å². The van der Waals surface area contributed by atoms with E-state index in [4.69, 9.17) is 0 Å². The summed E-state index contributed by atoms with van der Waals surface area (Å²) in [5.74, 6) is 0. The molecule has 0 saturated heterocycles. The molecule has 1 unspecified atom stereocenters. The van der Waals surface area contributed by atoms with Crippen LogP contribution >= 0.6 is 11.3 Å². The number of aryl methyl sites for hydroxylation is 3. The number of benzene rings is 1. The molecule has 0 aliphatic carbocycles. The van der Waals surface area contributed by atoms with Gasteiger partial charge in [0.25, 0.3) is 0 Å². The lowest BCUT2D eigenvalue weighted by Crippen LogP contribution is -2.31. The molecule has 114 valence electrons. The Labute approximate surface area is 133 Å². The lowest BCUT2D eigenvalue weighted by molar-refractivity contribution is 0.475. The number of nitrogens with one attached hydrogen (secondary N) is 1. The van der Waals surface area contributed by atoms with E-state index in [1.807, 2.05) is 11.3 Å². The minimum Gasteiger partial charge on any atom is -0.314 e. The lowest BCUT2D eigenvalue weighted by Gasteiger charge is -2.20. The van der Waals surface area contributed by atoms with Crippen LogP contribution in [0.1, 0.15) is 41.3 Å². The van der Waals surface area contributed by atoms with Crippen LogP contribution in [0.5, 0.6) is 0 Å². The third-order valence-electron chi connectivity index (χ3n) is 4.14. The minimum atomic E-state index is 0.592. The van der Waals surface area contributed by atoms with Gasteiger partial charge in [-0.3, -0.25) is 0 Å². The van der Waals surface area contributed by atoms with Gasteiger partial charge in [-0.25, -0.2) is 0 Å². The molecule has 1 aromatic carbocycles. The highest BCUT2D eigenvalue weighted by molar-refractivity contribution is 7.09. The van der Waals surface area contributed by atoms with Crippen LogP contribution in [0.2, 0.25) is 0 Å². The van der Waals surface area contributed by atoms with Crippen molar-refractivity contribution in [1.82, 2.24) is 5.32 Å². The molecule has 0 aliphatic heterocycles. The maximum atomic E-state index is 3.67. The zero-order valence-electron chi connectivity index (χ0n) is 13.5. The summed E-state index contributed by atoms with van der Waals surface area (Å²) in [6, 6.07) is 11.6. The molecule has 0 bridgehead atoms. The van der Waals surface area contributed by atoms with Crippen LogP contribution in [0.3, 0.4) is 0 Å². The Morgan fingerprint density at radius 2 is 1.86 bits per heavy atom. The first-order valence-electron chi connectivity index (χ1n) is 8.01. The second-order valence-corrected chi connectivity index (χ2v) is 6.83. The molecule has 21 heavy (non-hydrogen) atoms. The molecule has 2 heteroatoms. The van der Waals surface area contributed by atoms with Crippen molar-refractivity contribution in [3.05, 3.63) is 57.3 Å². The van der Waals surface area contributed by atoms with Gasteiger partial charge in [0, 0.05) is 10.9 Å². The molecule has 1 N–H and O–H groups in total. The standard InChI is InChI=1S/C19H27NS/c1-4-20-17(10-6-11-18-12-7-13-21-18)14-19-15(2)8-5-9-16(19)3/h5,7-9,12-13,17,20H,4,6,10-11,14H2,1-3H3. The highest BCUT2D eigenvalue weighted by Gasteiger charge is 2.11. The normalized spacial score (nSPS) is 12.5. The zero-order chi connectivity index (χ0) is 15.1. The monoisotopic (exact) mass is 301 g/mol. The first kappa shape index (κ1) is 16.3. The fourth-order valence-electron chi connectivity index (χ4n) is 2.96. The summed E-state index contributed by atoms with van der Waals surface area (Å²) in [7, 11) is 0. The van der Waals surface area contributed by atoms with Crippen molar-refractivity contribution in [2.45, 2.75) is 52.5 Å². The van der Waals surface area contributed by atoms with Crippen LogP contribution in [-0.2, 0) is 12.8 Å². The second-order valence-electron chi connectivity index (χ2n) is 5.80. The zero-order valence-corrected chi connectivity index (χ0v) is 14.3. The Bertz CT molecular complexity index is 510. The number of hydrogen-bond donors (Lipinski definition) is 1. The second kappa shape index (κ2) is 8.35. The molecule has 0 spiro atoms. The van der Waals surface area contributed by atoms with Crippen molar-refractivity contribution in [2.75, 3.05) is 6.54 Å². The molecule has 0 amide bonds. The SMILES string of the molecule is CCNC(CCCc1cccs1)Cc1c(C)cccc1C. The minimum absolute atomic E-state index is 0.592. The summed E-state index contributed by atoms with van der Waals surface area (Å²) in [4.78, 5) is 1.51. The summed E-state index contributed by atoms with van der Waals surface area (Å²) < 4.78 is 0. The Hall–Kier alpha value is -1.12. The van der Waals surface area contributed by atoms with Crippen molar-refractivity contribution < 1.29 is 0 Å². The molecule has 1 nitrogen and oxygen atoms in total. The largest absolute Gasteiger partial charge is 0.314 e. The van der Waals surface area contributed by atoms with E-state index in [1.165, 1.54) is 40.8 Å².